The van der Waals surface area contributed by atoms with Crippen molar-refractivity contribution in [2.45, 2.75) is 0 Å². The summed E-state index contributed by atoms with van der Waals surface area (Å²) in [4.78, 5) is 9.71. The Labute approximate surface area is 126 Å². The Morgan fingerprint density at radius 3 is 2.68 bits per heavy atom. The van der Waals surface area contributed by atoms with Crippen LogP contribution in [0.5, 0.6) is 5.75 Å². The zero-order valence-corrected chi connectivity index (χ0v) is 11.8. The first-order chi connectivity index (χ1) is 10.9. The Balaban J connectivity index is 1.98. The van der Waals surface area contributed by atoms with Crippen LogP contribution in [-0.2, 0) is 0 Å². The molecule has 3 heteroatoms. The van der Waals surface area contributed by atoms with Crippen LogP contribution in [0.4, 0.5) is 0 Å². The molecule has 4 aromatic rings. The van der Waals surface area contributed by atoms with E-state index in [1.54, 1.807) is 0 Å². The second kappa shape index (κ2) is 4.28. The maximum absolute atomic E-state index is 5.68. The lowest BCUT2D eigenvalue weighted by Crippen LogP contribution is -2.02. The van der Waals surface area contributed by atoms with Gasteiger partial charge in [-0.2, -0.15) is 0 Å². The summed E-state index contributed by atoms with van der Waals surface area (Å²) in [5.74, 6) is 0.879. The standard InChI is InChI=1S/C19H12N2O/c1-2-5-13-12(4-1)7-8-15-18(13)21-19-14-6-3-11-22-17(14)10-9-16(19)20-15/h1-10H,11H2. The largest absolute Gasteiger partial charge is 0.489 e. The van der Waals surface area contributed by atoms with Crippen molar-refractivity contribution in [3.05, 3.63) is 60.2 Å². The molecule has 0 saturated carbocycles. The van der Waals surface area contributed by atoms with Crippen molar-refractivity contribution in [3.8, 4) is 5.75 Å². The lowest BCUT2D eigenvalue weighted by molar-refractivity contribution is 0.359. The summed E-state index contributed by atoms with van der Waals surface area (Å²) in [7, 11) is 0. The number of fused-ring (bicyclic) bond motifs is 6. The summed E-state index contributed by atoms with van der Waals surface area (Å²) in [6, 6.07) is 16.4. The fraction of sp³-hybridized carbons (Fsp3) is 0.0526. The van der Waals surface area contributed by atoms with Crippen molar-refractivity contribution in [1.29, 1.82) is 0 Å². The molecule has 0 atom stereocenters. The van der Waals surface area contributed by atoms with E-state index in [-0.39, 0.29) is 0 Å². The van der Waals surface area contributed by atoms with Crippen molar-refractivity contribution < 1.29 is 4.74 Å². The molecule has 1 aliphatic rings. The first-order valence-electron chi connectivity index (χ1n) is 7.32. The second-order valence-electron chi connectivity index (χ2n) is 5.44. The zero-order valence-electron chi connectivity index (χ0n) is 11.8. The molecule has 0 spiro atoms. The second-order valence-corrected chi connectivity index (χ2v) is 5.44. The molecular formula is C19H12N2O. The number of nitrogens with zero attached hydrogens (tertiary/aromatic N) is 2. The van der Waals surface area contributed by atoms with Gasteiger partial charge in [0.05, 0.1) is 16.6 Å². The predicted molar refractivity (Wildman–Crippen MR) is 89.1 cm³/mol. The minimum absolute atomic E-state index is 0.614. The summed E-state index contributed by atoms with van der Waals surface area (Å²) in [5.41, 5.74) is 4.69. The van der Waals surface area contributed by atoms with Crippen LogP contribution in [-0.4, -0.2) is 16.6 Å². The molecule has 0 fully saturated rings. The van der Waals surface area contributed by atoms with Crippen molar-refractivity contribution in [1.82, 2.24) is 9.97 Å². The van der Waals surface area contributed by atoms with E-state index in [4.69, 9.17) is 14.7 Å². The Morgan fingerprint density at radius 2 is 1.68 bits per heavy atom. The monoisotopic (exact) mass is 284 g/mol. The molecular weight excluding hydrogens is 272 g/mol. The molecule has 0 bridgehead atoms. The van der Waals surface area contributed by atoms with Gasteiger partial charge in [-0.15, -0.1) is 0 Å². The molecule has 0 amide bonds. The quantitative estimate of drug-likeness (QED) is 0.356. The van der Waals surface area contributed by atoms with Crippen molar-refractivity contribution in [2.24, 2.45) is 0 Å². The molecule has 0 radical (unpaired) electrons. The van der Waals surface area contributed by atoms with E-state index in [9.17, 15) is 0 Å². The Bertz CT molecular complexity index is 1080. The molecule has 0 N–H and O–H groups in total. The highest BCUT2D eigenvalue weighted by Crippen LogP contribution is 2.32. The maximum Gasteiger partial charge on any atom is 0.129 e. The number of hydrogen-bond acceptors (Lipinski definition) is 3. The van der Waals surface area contributed by atoms with Crippen LogP contribution >= 0.6 is 0 Å². The topological polar surface area (TPSA) is 35.0 Å². The predicted octanol–water partition coefficient (Wildman–Crippen LogP) is 4.34. The van der Waals surface area contributed by atoms with Gasteiger partial charge in [-0.05, 0) is 35.7 Å². The van der Waals surface area contributed by atoms with Crippen LogP contribution in [0, 0.1) is 0 Å². The summed E-state index contributed by atoms with van der Waals surface area (Å²) < 4.78 is 5.68. The van der Waals surface area contributed by atoms with Gasteiger partial charge in [0, 0.05) is 10.9 Å². The van der Waals surface area contributed by atoms with E-state index in [0.29, 0.717) is 6.61 Å². The lowest BCUT2D eigenvalue weighted by atomic mass is 10.1. The van der Waals surface area contributed by atoms with Crippen LogP contribution in [0.25, 0.3) is 38.9 Å². The average Bonchev–Trinajstić information content (AvgIpc) is 2.60. The number of aromatic nitrogens is 2. The average molecular weight is 284 g/mol. The van der Waals surface area contributed by atoms with Crippen LogP contribution in [0.15, 0.2) is 54.6 Å². The van der Waals surface area contributed by atoms with Gasteiger partial charge in [0.1, 0.15) is 17.9 Å². The summed E-state index contributed by atoms with van der Waals surface area (Å²) >= 11 is 0. The van der Waals surface area contributed by atoms with Crippen molar-refractivity contribution in [2.75, 3.05) is 6.61 Å². The molecule has 1 aliphatic heterocycles. The van der Waals surface area contributed by atoms with E-state index < -0.39 is 0 Å². The van der Waals surface area contributed by atoms with E-state index in [0.717, 1.165) is 38.8 Å². The SMILES string of the molecule is C1=Cc2c(ccc3nc4ccc5ccccc5c4nc23)OC1. The molecule has 0 aliphatic carbocycles. The first kappa shape index (κ1) is 11.7. The third kappa shape index (κ3) is 1.56. The Hall–Kier alpha value is -2.94. The third-order valence-corrected chi connectivity index (χ3v) is 4.12. The molecule has 104 valence electrons. The van der Waals surface area contributed by atoms with Gasteiger partial charge in [-0.3, -0.25) is 0 Å². The third-order valence-electron chi connectivity index (χ3n) is 4.12. The molecule has 3 nitrogen and oxygen atoms in total. The van der Waals surface area contributed by atoms with Crippen LogP contribution in [0.1, 0.15) is 5.56 Å². The zero-order chi connectivity index (χ0) is 14.5. The number of ether oxygens (including phenoxy) is 1. The fourth-order valence-corrected chi connectivity index (χ4v) is 3.07. The molecule has 2 heterocycles. The highest BCUT2D eigenvalue weighted by atomic mass is 16.5. The smallest absolute Gasteiger partial charge is 0.129 e. The molecule has 0 unspecified atom stereocenters. The van der Waals surface area contributed by atoms with Gasteiger partial charge in [0.25, 0.3) is 0 Å². The van der Waals surface area contributed by atoms with Gasteiger partial charge in [0.15, 0.2) is 0 Å². The van der Waals surface area contributed by atoms with E-state index in [1.807, 2.05) is 36.4 Å². The number of hydrogen-bond donors (Lipinski definition) is 0. The molecule has 5 rings (SSSR count). The van der Waals surface area contributed by atoms with Gasteiger partial charge >= 0.3 is 0 Å². The minimum atomic E-state index is 0.614. The normalized spacial score (nSPS) is 13.5. The van der Waals surface area contributed by atoms with Gasteiger partial charge in [-0.25, -0.2) is 9.97 Å². The number of benzene rings is 3. The highest BCUT2D eigenvalue weighted by Gasteiger charge is 2.13. The van der Waals surface area contributed by atoms with E-state index >= 15 is 0 Å². The minimum Gasteiger partial charge on any atom is -0.489 e. The van der Waals surface area contributed by atoms with Gasteiger partial charge in [-0.1, -0.05) is 30.3 Å². The van der Waals surface area contributed by atoms with Gasteiger partial charge < -0.3 is 4.74 Å². The fourth-order valence-electron chi connectivity index (χ4n) is 3.07. The molecule has 0 saturated heterocycles. The Morgan fingerprint density at radius 1 is 0.818 bits per heavy atom. The molecule has 1 aromatic heterocycles. The van der Waals surface area contributed by atoms with Gasteiger partial charge in [0.2, 0.25) is 0 Å². The molecule has 22 heavy (non-hydrogen) atoms. The van der Waals surface area contributed by atoms with Crippen LogP contribution in [0.3, 0.4) is 0 Å². The van der Waals surface area contributed by atoms with Crippen molar-refractivity contribution in [3.63, 3.8) is 0 Å². The first-order valence-corrected chi connectivity index (χ1v) is 7.32. The number of rotatable bonds is 0. The van der Waals surface area contributed by atoms with Crippen molar-refractivity contribution >= 4 is 38.9 Å². The summed E-state index contributed by atoms with van der Waals surface area (Å²) in [6.07, 6.45) is 4.09. The Kier molecular flexibility index (Phi) is 2.27. The van der Waals surface area contributed by atoms with E-state index in [2.05, 4.69) is 24.3 Å². The van der Waals surface area contributed by atoms with E-state index in [1.165, 1.54) is 5.39 Å². The van der Waals surface area contributed by atoms with Crippen LogP contribution < -0.4 is 4.74 Å². The summed E-state index contributed by atoms with van der Waals surface area (Å²) in [5, 5.41) is 2.31. The lowest BCUT2D eigenvalue weighted by Gasteiger charge is -2.14. The van der Waals surface area contributed by atoms with Crippen LogP contribution in [0.2, 0.25) is 0 Å². The molecule has 3 aromatic carbocycles. The maximum atomic E-state index is 5.68. The highest BCUT2D eigenvalue weighted by molar-refractivity contribution is 6.06. The summed E-state index contributed by atoms with van der Waals surface area (Å²) in [6.45, 7) is 0.614.